The predicted octanol–water partition coefficient (Wildman–Crippen LogP) is -0.252. The normalized spacial score (nSPS) is 19.7. The molecule has 0 unspecified atom stereocenters. The highest BCUT2D eigenvalue weighted by atomic mass is 16.2. The van der Waals surface area contributed by atoms with Crippen LogP contribution in [0.4, 0.5) is 11.9 Å². The van der Waals surface area contributed by atoms with Crippen molar-refractivity contribution >= 4 is 23.7 Å². The van der Waals surface area contributed by atoms with E-state index in [0.29, 0.717) is 0 Å². The number of piperidine rings is 2. The van der Waals surface area contributed by atoms with Crippen LogP contribution >= 0.6 is 0 Å². The Morgan fingerprint density at radius 2 is 1.25 bits per heavy atom. The first kappa shape index (κ1) is 16.7. The first-order chi connectivity index (χ1) is 11.7. The summed E-state index contributed by atoms with van der Waals surface area (Å²) in [5.41, 5.74) is 0. The molecule has 2 fully saturated rings. The molecule has 1 aromatic rings. The van der Waals surface area contributed by atoms with Crippen LogP contribution in [-0.2, 0) is 9.59 Å². The number of aromatic nitrogens is 3. The van der Waals surface area contributed by atoms with Gasteiger partial charge in [-0.3, -0.25) is 20.2 Å². The Kier molecular flexibility index (Phi) is 5.65. The average Bonchev–Trinajstić information content (AvgIpc) is 2.63. The van der Waals surface area contributed by atoms with E-state index < -0.39 is 0 Å². The fourth-order valence-electron chi connectivity index (χ4n) is 3.01. The highest BCUT2D eigenvalue weighted by Gasteiger charge is 2.23. The summed E-state index contributed by atoms with van der Waals surface area (Å²) < 4.78 is 0. The summed E-state index contributed by atoms with van der Waals surface area (Å²) >= 11 is 0. The van der Waals surface area contributed by atoms with Crippen molar-refractivity contribution < 1.29 is 9.59 Å². The molecule has 9 nitrogen and oxygen atoms in total. The van der Waals surface area contributed by atoms with Gasteiger partial charge in [0.15, 0.2) is 0 Å². The van der Waals surface area contributed by atoms with Gasteiger partial charge in [0, 0.05) is 11.8 Å². The summed E-state index contributed by atoms with van der Waals surface area (Å²) in [5.74, 6) is 0.117. The van der Waals surface area contributed by atoms with Gasteiger partial charge in [0.05, 0.1) is 0 Å². The third-order valence-corrected chi connectivity index (χ3v) is 4.46. The SMILES string of the molecule is O=C(Nc1ncnc(NC(=O)C2CCNCC2)n1)C1CCNCC1. The Balaban J connectivity index is 1.57. The van der Waals surface area contributed by atoms with E-state index in [1.165, 1.54) is 6.33 Å². The van der Waals surface area contributed by atoms with E-state index in [4.69, 9.17) is 0 Å². The molecule has 3 rings (SSSR count). The smallest absolute Gasteiger partial charge is 0.234 e. The van der Waals surface area contributed by atoms with Crippen molar-refractivity contribution in [2.24, 2.45) is 11.8 Å². The van der Waals surface area contributed by atoms with Crippen LogP contribution in [0.3, 0.4) is 0 Å². The summed E-state index contributed by atoms with van der Waals surface area (Å²) in [6, 6.07) is 0. The maximum absolute atomic E-state index is 12.2. The Morgan fingerprint density at radius 3 is 1.67 bits per heavy atom. The monoisotopic (exact) mass is 333 g/mol. The quantitative estimate of drug-likeness (QED) is 0.599. The van der Waals surface area contributed by atoms with Crippen molar-refractivity contribution in [2.75, 3.05) is 36.8 Å². The maximum Gasteiger partial charge on any atom is 0.234 e. The number of carbonyl (C=O) groups is 2. The summed E-state index contributed by atoms with van der Waals surface area (Å²) in [6.45, 7) is 3.36. The molecular weight excluding hydrogens is 310 g/mol. The number of carbonyl (C=O) groups excluding carboxylic acids is 2. The first-order valence-corrected chi connectivity index (χ1v) is 8.44. The average molecular weight is 333 g/mol. The lowest BCUT2D eigenvalue weighted by atomic mass is 9.97. The third kappa shape index (κ3) is 4.45. The summed E-state index contributed by atoms with van der Waals surface area (Å²) in [7, 11) is 0. The molecule has 3 heterocycles. The van der Waals surface area contributed by atoms with Gasteiger partial charge in [-0.2, -0.15) is 4.98 Å². The molecule has 1 aromatic heterocycles. The van der Waals surface area contributed by atoms with E-state index in [9.17, 15) is 9.59 Å². The Labute approximate surface area is 140 Å². The molecule has 130 valence electrons. The van der Waals surface area contributed by atoms with E-state index in [1.54, 1.807) is 0 Å². The van der Waals surface area contributed by atoms with E-state index in [2.05, 4.69) is 36.2 Å². The van der Waals surface area contributed by atoms with Gasteiger partial charge in [-0.1, -0.05) is 0 Å². The van der Waals surface area contributed by atoms with Crippen LogP contribution in [-0.4, -0.2) is 52.9 Å². The molecular formula is C15H23N7O2. The molecule has 0 aromatic carbocycles. The molecule has 0 saturated carbocycles. The van der Waals surface area contributed by atoms with Crippen molar-refractivity contribution in [3.63, 3.8) is 0 Å². The molecule has 2 amide bonds. The van der Waals surface area contributed by atoms with Gasteiger partial charge >= 0.3 is 0 Å². The van der Waals surface area contributed by atoms with E-state index in [-0.39, 0.29) is 35.5 Å². The Hall–Kier alpha value is -2.13. The zero-order valence-electron chi connectivity index (χ0n) is 13.5. The van der Waals surface area contributed by atoms with E-state index in [1.807, 2.05) is 0 Å². The van der Waals surface area contributed by atoms with Gasteiger partial charge in [0.25, 0.3) is 0 Å². The first-order valence-electron chi connectivity index (χ1n) is 8.44. The summed E-state index contributed by atoms with van der Waals surface area (Å²) in [6.07, 6.45) is 4.50. The highest BCUT2D eigenvalue weighted by Crippen LogP contribution is 2.15. The topological polar surface area (TPSA) is 121 Å². The molecule has 2 aliphatic heterocycles. The Morgan fingerprint density at radius 1 is 0.833 bits per heavy atom. The fourth-order valence-corrected chi connectivity index (χ4v) is 3.01. The molecule has 2 saturated heterocycles. The lowest BCUT2D eigenvalue weighted by molar-refractivity contribution is -0.121. The Bertz CT molecular complexity index is 536. The maximum atomic E-state index is 12.2. The molecule has 0 bridgehead atoms. The minimum Gasteiger partial charge on any atom is -0.317 e. The standard InChI is InChI=1S/C15H23N7O2/c23-12(10-1-5-16-6-2-10)20-14-18-9-19-15(22-14)21-13(24)11-3-7-17-8-4-11/h9-11,16-17H,1-8H2,(H2,18,19,20,21,22,23,24). The molecule has 0 spiro atoms. The van der Waals surface area contributed by atoms with Crippen molar-refractivity contribution in [1.29, 1.82) is 0 Å². The molecule has 2 aliphatic rings. The zero-order valence-corrected chi connectivity index (χ0v) is 13.5. The number of nitrogens with zero attached hydrogens (tertiary/aromatic N) is 3. The third-order valence-electron chi connectivity index (χ3n) is 4.46. The van der Waals surface area contributed by atoms with Crippen LogP contribution in [0.15, 0.2) is 6.33 Å². The zero-order chi connectivity index (χ0) is 16.8. The summed E-state index contributed by atoms with van der Waals surface area (Å²) in [4.78, 5) is 36.5. The molecule has 0 aliphatic carbocycles. The van der Waals surface area contributed by atoms with Gasteiger partial charge in [-0.25, -0.2) is 9.97 Å². The number of hydrogen-bond acceptors (Lipinski definition) is 7. The van der Waals surface area contributed by atoms with Crippen molar-refractivity contribution in [2.45, 2.75) is 25.7 Å². The number of hydrogen-bond donors (Lipinski definition) is 4. The fraction of sp³-hybridized carbons (Fsp3) is 0.667. The molecule has 0 radical (unpaired) electrons. The van der Waals surface area contributed by atoms with Gasteiger partial charge in [-0.15, -0.1) is 0 Å². The second-order valence-corrected chi connectivity index (χ2v) is 6.16. The number of amides is 2. The van der Waals surface area contributed by atoms with Gasteiger partial charge < -0.3 is 10.6 Å². The molecule has 4 N–H and O–H groups in total. The lowest BCUT2D eigenvalue weighted by Crippen LogP contribution is -2.35. The predicted molar refractivity (Wildman–Crippen MR) is 88.3 cm³/mol. The minimum absolute atomic E-state index is 0.0317. The van der Waals surface area contributed by atoms with Crippen LogP contribution in [0, 0.1) is 11.8 Å². The van der Waals surface area contributed by atoms with Crippen LogP contribution in [0.5, 0.6) is 0 Å². The minimum atomic E-state index is -0.0849. The van der Waals surface area contributed by atoms with E-state index >= 15 is 0 Å². The number of nitrogens with one attached hydrogen (secondary N) is 4. The van der Waals surface area contributed by atoms with Gasteiger partial charge in [0.1, 0.15) is 6.33 Å². The number of rotatable bonds is 4. The van der Waals surface area contributed by atoms with Gasteiger partial charge in [-0.05, 0) is 51.9 Å². The summed E-state index contributed by atoms with van der Waals surface area (Å²) in [5, 5.41) is 11.9. The van der Waals surface area contributed by atoms with Crippen molar-refractivity contribution in [3.05, 3.63) is 6.33 Å². The second-order valence-electron chi connectivity index (χ2n) is 6.16. The molecule has 24 heavy (non-hydrogen) atoms. The highest BCUT2D eigenvalue weighted by molar-refractivity contribution is 5.92. The molecule has 0 atom stereocenters. The van der Waals surface area contributed by atoms with Crippen LogP contribution < -0.4 is 21.3 Å². The second kappa shape index (κ2) is 8.11. The lowest BCUT2D eigenvalue weighted by Gasteiger charge is -2.22. The van der Waals surface area contributed by atoms with Crippen LogP contribution in [0.25, 0.3) is 0 Å². The van der Waals surface area contributed by atoms with Crippen LogP contribution in [0.2, 0.25) is 0 Å². The molecule has 9 heteroatoms. The largest absolute Gasteiger partial charge is 0.317 e. The van der Waals surface area contributed by atoms with Crippen molar-refractivity contribution in [1.82, 2.24) is 25.6 Å². The van der Waals surface area contributed by atoms with E-state index in [0.717, 1.165) is 51.9 Å². The number of anilines is 2. The van der Waals surface area contributed by atoms with Crippen LogP contribution in [0.1, 0.15) is 25.7 Å². The van der Waals surface area contributed by atoms with Gasteiger partial charge in [0.2, 0.25) is 23.7 Å². The van der Waals surface area contributed by atoms with Crippen molar-refractivity contribution in [3.8, 4) is 0 Å².